The number of carbonyl (C=O) groups excluding carboxylic acids is 1. The summed E-state index contributed by atoms with van der Waals surface area (Å²) >= 11 is 3.48. The normalized spacial score (nSPS) is 29.3. The fourth-order valence-electron chi connectivity index (χ4n) is 7.31. The Bertz CT molecular complexity index is 1120. The number of amides is 1. The summed E-state index contributed by atoms with van der Waals surface area (Å²) in [5.41, 5.74) is 2.47. The fraction of sp³-hybridized carbons (Fsp3) is 0.519. The zero-order valence-corrected chi connectivity index (χ0v) is 21.3. The van der Waals surface area contributed by atoms with E-state index < -0.39 is 0 Å². The van der Waals surface area contributed by atoms with Crippen molar-refractivity contribution in [3.05, 3.63) is 62.6 Å². The number of nitrogens with zero attached hydrogens (tertiary/aromatic N) is 3. The number of piperazine rings is 1. The van der Waals surface area contributed by atoms with Gasteiger partial charge in [0.1, 0.15) is 5.69 Å². The number of benzene rings is 2. The molecule has 4 bridgehead atoms. The lowest BCUT2D eigenvalue weighted by Gasteiger charge is -2.54. The van der Waals surface area contributed by atoms with Crippen molar-refractivity contribution in [3.63, 3.8) is 0 Å². The van der Waals surface area contributed by atoms with Crippen LogP contribution < -0.4 is 10.2 Å². The van der Waals surface area contributed by atoms with Crippen LogP contribution in [0.25, 0.3) is 0 Å². The summed E-state index contributed by atoms with van der Waals surface area (Å²) in [5.74, 6) is 3.05. The van der Waals surface area contributed by atoms with E-state index in [1.54, 1.807) is 6.07 Å². The second-order valence-electron chi connectivity index (χ2n) is 10.8. The van der Waals surface area contributed by atoms with Crippen LogP contribution in [0.2, 0.25) is 0 Å². The lowest BCUT2D eigenvalue weighted by molar-refractivity contribution is -0.384. The molecule has 7 rings (SSSR count). The van der Waals surface area contributed by atoms with Crippen molar-refractivity contribution in [2.45, 2.75) is 38.1 Å². The molecule has 1 saturated heterocycles. The van der Waals surface area contributed by atoms with Gasteiger partial charge in [-0.25, -0.2) is 0 Å². The quantitative estimate of drug-likeness (QED) is 0.398. The highest BCUT2D eigenvalue weighted by molar-refractivity contribution is 9.10. The van der Waals surface area contributed by atoms with E-state index in [-0.39, 0.29) is 16.5 Å². The molecule has 0 atom stereocenters. The van der Waals surface area contributed by atoms with E-state index >= 15 is 0 Å². The molecule has 1 N–H and O–H groups in total. The van der Waals surface area contributed by atoms with Gasteiger partial charge in [0.15, 0.2) is 0 Å². The minimum absolute atomic E-state index is 0.0325. The number of nitrogens with one attached hydrogen (secondary N) is 1. The topological polar surface area (TPSA) is 78.7 Å². The average molecular weight is 539 g/mol. The average Bonchev–Trinajstić information content (AvgIpc) is 2.85. The number of hydrogen-bond acceptors (Lipinski definition) is 5. The molecule has 35 heavy (non-hydrogen) atoms. The van der Waals surface area contributed by atoms with E-state index in [1.165, 1.54) is 32.1 Å². The molecule has 1 amide bonds. The Morgan fingerprint density at radius 2 is 1.60 bits per heavy atom. The Balaban J connectivity index is 1.17. The summed E-state index contributed by atoms with van der Waals surface area (Å²) < 4.78 is 0.809. The lowest BCUT2D eigenvalue weighted by Crippen LogP contribution is -2.51. The van der Waals surface area contributed by atoms with Crippen molar-refractivity contribution in [1.29, 1.82) is 0 Å². The summed E-state index contributed by atoms with van der Waals surface area (Å²) in [4.78, 5) is 28.7. The standard InChI is InChI=1S/C27H31BrN4O3/c28-23-4-2-1-3-22(23)27(33)31-9-7-30(8-10-31)21-5-6-25(32(34)35)24(16-21)29-26-19-12-17-11-18(14-19)15-20(26)13-17/h1-6,16-20,26,29H,7-15H2. The molecule has 2 aromatic carbocycles. The zero-order chi connectivity index (χ0) is 24.1. The van der Waals surface area contributed by atoms with E-state index in [1.807, 2.05) is 41.3 Å². The maximum atomic E-state index is 13.0. The first-order chi connectivity index (χ1) is 17.0. The van der Waals surface area contributed by atoms with Gasteiger partial charge in [-0.2, -0.15) is 0 Å². The van der Waals surface area contributed by atoms with Crippen LogP contribution in [0.1, 0.15) is 42.5 Å². The first-order valence-corrected chi connectivity index (χ1v) is 13.6. The van der Waals surface area contributed by atoms with Gasteiger partial charge in [-0.1, -0.05) is 12.1 Å². The molecule has 5 fully saturated rings. The van der Waals surface area contributed by atoms with Crippen LogP contribution in [0.5, 0.6) is 0 Å². The lowest BCUT2D eigenvalue weighted by atomic mass is 9.54. The number of nitro benzene ring substituents is 1. The number of rotatable bonds is 5. The second-order valence-corrected chi connectivity index (χ2v) is 11.7. The summed E-state index contributed by atoms with van der Waals surface area (Å²) in [5, 5.41) is 15.5. The summed E-state index contributed by atoms with van der Waals surface area (Å²) in [6.07, 6.45) is 6.47. The van der Waals surface area contributed by atoms with Crippen molar-refractivity contribution in [2.24, 2.45) is 23.7 Å². The number of nitro groups is 1. The van der Waals surface area contributed by atoms with E-state index in [0.29, 0.717) is 55.3 Å². The molecular weight excluding hydrogens is 508 g/mol. The summed E-state index contributed by atoms with van der Waals surface area (Å²) in [6, 6.07) is 13.3. The van der Waals surface area contributed by atoms with E-state index in [9.17, 15) is 14.9 Å². The van der Waals surface area contributed by atoms with Crippen molar-refractivity contribution in [3.8, 4) is 0 Å². The van der Waals surface area contributed by atoms with Crippen molar-refractivity contribution >= 4 is 38.9 Å². The van der Waals surface area contributed by atoms with Crippen molar-refractivity contribution in [1.82, 2.24) is 4.90 Å². The Morgan fingerprint density at radius 3 is 2.23 bits per heavy atom. The van der Waals surface area contributed by atoms with Crippen LogP contribution in [0.4, 0.5) is 17.1 Å². The maximum Gasteiger partial charge on any atom is 0.292 e. The Hall–Kier alpha value is -2.61. The molecular formula is C27H31BrN4O3. The molecule has 184 valence electrons. The zero-order valence-electron chi connectivity index (χ0n) is 19.7. The van der Waals surface area contributed by atoms with Gasteiger partial charge in [0.25, 0.3) is 11.6 Å². The molecule has 0 spiro atoms. The number of carbonyl (C=O) groups is 1. The Labute approximate surface area is 214 Å². The van der Waals surface area contributed by atoms with Crippen LogP contribution in [0.15, 0.2) is 46.9 Å². The molecule has 5 aliphatic rings. The van der Waals surface area contributed by atoms with Crippen LogP contribution in [-0.4, -0.2) is 48.0 Å². The minimum atomic E-state index is -0.267. The summed E-state index contributed by atoms with van der Waals surface area (Å²) in [7, 11) is 0. The van der Waals surface area contributed by atoms with Gasteiger partial charge >= 0.3 is 0 Å². The van der Waals surface area contributed by atoms with Gasteiger partial charge in [-0.05, 0) is 96.0 Å². The highest BCUT2D eigenvalue weighted by atomic mass is 79.9. The number of hydrogen-bond donors (Lipinski definition) is 1. The van der Waals surface area contributed by atoms with E-state index in [0.717, 1.165) is 22.0 Å². The van der Waals surface area contributed by atoms with Gasteiger partial charge in [0, 0.05) is 48.4 Å². The van der Waals surface area contributed by atoms with Crippen LogP contribution in [0, 0.1) is 33.8 Å². The van der Waals surface area contributed by atoms with Gasteiger partial charge in [0.2, 0.25) is 0 Å². The van der Waals surface area contributed by atoms with Gasteiger partial charge in [0.05, 0.1) is 10.5 Å². The smallest absolute Gasteiger partial charge is 0.292 e. The van der Waals surface area contributed by atoms with Gasteiger partial charge in [-0.15, -0.1) is 0 Å². The molecule has 0 radical (unpaired) electrons. The van der Waals surface area contributed by atoms with Crippen LogP contribution in [0.3, 0.4) is 0 Å². The maximum absolute atomic E-state index is 13.0. The van der Waals surface area contributed by atoms with E-state index in [2.05, 4.69) is 26.1 Å². The van der Waals surface area contributed by atoms with Gasteiger partial charge < -0.3 is 15.1 Å². The van der Waals surface area contributed by atoms with Gasteiger partial charge in [-0.3, -0.25) is 14.9 Å². The van der Waals surface area contributed by atoms with Crippen LogP contribution in [-0.2, 0) is 0 Å². The predicted molar refractivity (Wildman–Crippen MR) is 140 cm³/mol. The molecule has 1 heterocycles. The highest BCUT2D eigenvalue weighted by Crippen LogP contribution is 2.54. The highest BCUT2D eigenvalue weighted by Gasteiger charge is 2.48. The first-order valence-electron chi connectivity index (χ1n) is 12.8. The van der Waals surface area contributed by atoms with E-state index in [4.69, 9.17) is 0 Å². The molecule has 1 aliphatic heterocycles. The first kappa shape index (κ1) is 22.8. The third-order valence-corrected chi connectivity index (χ3v) is 9.45. The fourth-order valence-corrected chi connectivity index (χ4v) is 7.76. The Kier molecular flexibility index (Phi) is 5.95. The monoisotopic (exact) mass is 538 g/mol. The summed E-state index contributed by atoms with van der Waals surface area (Å²) in [6.45, 7) is 2.64. The number of halogens is 1. The third-order valence-electron chi connectivity index (χ3n) is 8.76. The molecule has 4 aliphatic carbocycles. The Morgan fingerprint density at radius 1 is 0.943 bits per heavy atom. The second kappa shape index (κ2) is 9.12. The molecule has 0 aromatic heterocycles. The SMILES string of the molecule is O=C(c1ccccc1Br)N1CCN(c2ccc([N+](=O)[O-])c(NC3C4CC5CC(C4)CC3C5)c2)CC1. The molecule has 0 unspecified atom stereocenters. The molecule has 2 aromatic rings. The number of anilines is 2. The largest absolute Gasteiger partial charge is 0.376 e. The van der Waals surface area contributed by atoms with Crippen LogP contribution >= 0.6 is 15.9 Å². The molecule has 4 saturated carbocycles. The van der Waals surface area contributed by atoms with Crippen molar-refractivity contribution < 1.29 is 9.72 Å². The molecule has 8 heteroatoms. The predicted octanol–water partition coefficient (Wildman–Crippen LogP) is 5.56. The third kappa shape index (κ3) is 4.30. The molecule has 7 nitrogen and oxygen atoms in total. The minimum Gasteiger partial charge on any atom is -0.376 e. The van der Waals surface area contributed by atoms with Crippen molar-refractivity contribution in [2.75, 3.05) is 36.4 Å².